The van der Waals surface area contributed by atoms with Crippen molar-refractivity contribution in [1.29, 1.82) is 0 Å². The van der Waals surface area contributed by atoms with Crippen LogP contribution in [0.5, 0.6) is 0 Å². The first kappa shape index (κ1) is 22.8. The number of thiazole rings is 1. The Balaban J connectivity index is 0.00000280. The van der Waals surface area contributed by atoms with Gasteiger partial charge in [-0.15, -0.1) is 23.7 Å². The minimum atomic E-state index is -0.254. The maximum absolute atomic E-state index is 13.1. The Labute approximate surface area is 176 Å². The van der Waals surface area contributed by atoms with Gasteiger partial charge in [0, 0.05) is 12.0 Å². The van der Waals surface area contributed by atoms with E-state index in [1.54, 1.807) is 23.5 Å². The van der Waals surface area contributed by atoms with Crippen LogP contribution in [-0.2, 0) is 4.79 Å². The molecular weight excluding hydrogens is 397 g/mol. The molecule has 2 atom stereocenters. The highest BCUT2D eigenvalue weighted by Gasteiger charge is 2.23. The second-order valence-corrected chi connectivity index (χ2v) is 8.56. The second-order valence-electron chi connectivity index (χ2n) is 7.53. The molecule has 4 nitrogen and oxygen atoms in total. The molecule has 154 valence electrons. The molecule has 1 aliphatic heterocycles. The van der Waals surface area contributed by atoms with Gasteiger partial charge in [0.2, 0.25) is 5.91 Å². The zero-order chi connectivity index (χ0) is 19.4. The Morgan fingerprint density at radius 2 is 1.93 bits per heavy atom. The van der Waals surface area contributed by atoms with Gasteiger partial charge in [-0.2, -0.15) is 0 Å². The van der Waals surface area contributed by atoms with Gasteiger partial charge in [0.25, 0.3) is 0 Å². The minimum absolute atomic E-state index is 0. The van der Waals surface area contributed by atoms with E-state index >= 15 is 0 Å². The fourth-order valence-corrected chi connectivity index (χ4v) is 4.84. The fraction of sp³-hybridized carbons (Fsp3) is 0.524. The Morgan fingerprint density at radius 1 is 1.29 bits per heavy atom. The number of hydrogen-bond acceptors (Lipinski definition) is 4. The van der Waals surface area contributed by atoms with Crippen molar-refractivity contribution in [3.8, 4) is 10.6 Å². The molecular formula is C21H29ClFN3OS. The van der Waals surface area contributed by atoms with Crippen molar-refractivity contribution in [2.45, 2.75) is 46.1 Å². The Bertz CT molecular complexity index is 774. The van der Waals surface area contributed by atoms with E-state index in [-0.39, 0.29) is 30.2 Å². The zero-order valence-electron chi connectivity index (χ0n) is 16.6. The molecule has 0 radical (unpaired) electrons. The topological polar surface area (TPSA) is 54.0 Å². The second kappa shape index (κ2) is 10.3. The van der Waals surface area contributed by atoms with E-state index in [0.29, 0.717) is 18.3 Å². The lowest BCUT2D eigenvalue weighted by Crippen LogP contribution is -2.34. The summed E-state index contributed by atoms with van der Waals surface area (Å²) in [6, 6.07) is 6.28. The summed E-state index contributed by atoms with van der Waals surface area (Å²) in [5.41, 5.74) is 1.81. The number of amides is 1. The standard InChI is InChI=1S/C21H28FN3OS.ClH/c1-13(16-8-10-23-11-9-16)12-19(26)24-14(2)20-15(3)25-21(27-20)17-4-6-18(22)7-5-17;/h4-7,13-14,16,23H,8-12H2,1-3H3,(H,24,26);1H. The molecule has 0 saturated carbocycles. The van der Waals surface area contributed by atoms with Crippen molar-refractivity contribution in [1.82, 2.24) is 15.6 Å². The number of hydrogen-bond donors (Lipinski definition) is 2. The van der Waals surface area contributed by atoms with E-state index in [2.05, 4.69) is 22.5 Å². The summed E-state index contributed by atoms with van der Waals surface area (Å²) in [5, 5.41) is 7.36. The average Bonchev–Trinajstić information content (AvgIpc) is 3.04. The van der Waals surface area contributed by atoms with Gasteiger partial charge in [0.1, 0.15) is 10.8 Å². The van der Waals surface area contributed by atoms with Crippen LogP contribution in [0.4, 0.5) is 4.39 Å². The molecule has 3 rings (SSSR count). The highest BCUT2D eigenvalue weighted by atomic mass is 35.5. The van der Waals surface area contributed by atoms with Crippen molar-refractivity contribution in [2.24, 2.45) is 11.8 Å². The number of aryl methyl sites for hydroxylation is 1. The van der Waals surface area contributed by atoms with Crippen LogP contribution in [0.1, 0.15) is 49.7 Å². The van der Waals surface area contributed by atoms with E-state index in [9.17, 15) is 9.18 Å². The van der Waals surface area contributed by atoms with Gasteiger partial charge < -0.3 is 10.6 Å². The molecule has 0 aliphatic carbocycles. The van der Waals surface area contributed by atoms with Crippen molar-refractivity contribution >= 4 is 29.7 Å². The van der Waals surface area contributed by atoms with Crippen molar-refractivity contribution in [3.05, 3.63) is 40.7 Å². The molecule has 2 N–H and O–H groups in total. The zero-order valence-corrected chi connectivity index (χ0v) is 18.3. The number of rotatable bonds is 6. The Morgan fingerprint density at radius 3 is 2.57 bits per heavy atom. The van der Waals surface area contributed by atoms with Crippen LogP contribution < -0.4 is 10.6 Å². The predicted molar refractivity (Wildman–Crippen MR) is 115 cm³/mol. The number of carbonyl (C=O) groups is 1. The average molecular weight is 426 g/mol. The lowest BCUT2D eigenvalue weighted by atomic mass is 9.84. The number of aromatic nitrogens is 1. The molecule has 2 aromatic rings. The van der Waals surface area contributed by atoms with E-state index in [1.165, 1.54) is 12.1 Å². The Kier molecular flexibility index (Phi) is 8.40. The van der Waals surface area contributed by atoms with E-state index in [4.69, 9.17) is 0 Å². The molecule has 1 aromatic heterocycles. The van der Waals surface area contributed by atoms with Crippen LogP contribution in [0, 0.1) is 24.6 Å². The molecule has 1 aromatic carbocycles. The molecule has 0 spiro atoms. The maximum Gasteiger partial charge on any atom is 0.220 e. The molecule has 2 heterocycles. The number of piperidine rings is 1. The third kappa shape index (κ3) is 5.75. The van der Waals surface area contributed by atoms with Gasteiger partial charge in [-0.3, -0.25) is 4.79 Å². The van der Waals surface area contributed by atoms with Crippen LogP contribution in [0.3, 0.4) is 0 Å². The summed E-state index contributed by atoms with van der Waals surface area (Å²) in [7, 11) is 0. The molecule has 7 heteroatoms. The third-order valence-corrected chi connectivity index (χ3v) is 6.78. The van der Waals surface area contributed by atoms with Crippen molar-refractivity contribution in [3.63, 3.8) is 0 Å². The quantitative estimate of drug-likeness (QED) is 0.693. The van der Waals surface area contributed by atoms with Crippen LogP contribution in [-0.4, -0.2) is 24.0 Å². The number of nitrogens with one attached hydrogen (secondary N) is 2. The molecule has 2 unspecified atom stereocenters. The first-order valence-corrected chi connectivity index (χ1v) is 10.5. The highest BCUT2D eigenvalue weighted by molar-refractivity contribution is 7.15. The van der Waals surface area contributed by atoms with E-state index < -0.39 is 0 Å². The van der Waals surface area contributed by atoms with Crippen LogP contribution in [0.25, 0.3) is 10.6 Å². The normalized spacial score (nSPS) is 16.9. The summed E-state index contributed by atoms with van der Waals surface area (Å²) in [4.78, 5) is 18.2. The van der Waals surface area contributed by atoms with Crippen LogP contribution in [0.15, 0.2) is 24.3 Å². The lowest BCUT2D eigenvalue weighted by Gasteiger charge is -2.28. The summed E-state index contributed by atoms with van der Waals surface area (Å²) >= 11 is 1.56. The first-order chi connectivity index (χ1) is 12.9. The number of nitrogens with zero attached hydrogens (tertiary/aromatic N) is 1. The number of halogens is 2. The highest BCUT2D eigenvalue weighted by Crippen LogP contribution is 2.32. The first-order valence-electron chi connectivity index (χ1n) is 9.67. The van der Waals surface area contributed by atoms with Crippen molar-refractivity contribution < 1.29 is 9.18 Å². The molecule has 1 aliphatic rings. The van der Waals surface area contributed by atoms with E-state index in [1.807, 2.05) is 13.8 Å². The molecule has 0 bridgehead atoms. The largest absolute Gasteiger partial charge is 0.349 e. The van der Waals surface area contributed by atoms with Crippen molar-refractivity contribution in [2.75, 3.05) is 13.1 Å². The summed E-state index contributed by atoms with van der Waals surface area (Å²) < 4.78 is 13.1. The fourth-order valence-electron chi connectivity index (χ4n) is 3.76. The van der Waals surface area contributed by atoms with Gasteiger partial charge in [0.05, 0.1) is 16.6 Å². The number of benzene rings is 1. The third-order valence-electron chi connectivity index (χ3n) is 5.39. The van der Waals surface area contributed by atoms with Gasteiger partial charge in [0.15, 0.2) is 0 Å². The minimum Gasteiger partial charge on any atom is -0.349 e. The van der Waals surface area contributed by atoms with Crippen LogP contribution >= 0.6 is 23.7 Å². The summed E-state index contributed by atoms with van der Waals surface area (Å²) in [6.07, 6.45) is 2.87. The van der Waals surface area contributed by atoms with Crippen LogP contribution in [0.2, 0.25) is 0 Å². The molecule has 1 fully saturated rings. The van der Waals surface area contributed by atoms with Gasteiger partial charge in [-0.1, -0.05) is 6.92 Å². The van der Waals surface area contributed by atoms with Gasteiger partial charge >= 0.3 is 0 Å². The monoisotopic (exact) mass is 425 g/mol. The van der Waals surface area contributed by atoms with Gasteiger partial charge in [-0.05, 0) is 75.9 Å². The lowest BCUT2D eigenvalue weighted by molar-refractivity contribution is -0.123. The summed E-state index contributed by atoms with van der Waals surface area (Å²) in [5.74, 6) is 0.875. The van der Waals surface area contributed by atoms with E-state index in [0.717, 1.165) is 47.1 Å². The molecule has 28 heavy (non-hydrogen) atoms. The smallest absolute Gasteiger partial charge is 0.220 e. The number of carbonyl (C=O) groups excluding carboxylic acids is 1. The summed E-state index contributed by atoms with van der Waals surface area (Å²) in [6.45, 7) is 8.25. The SMILES string of the molecule is Cc1nc(-c2ccc(F)cc2)sc1C(C)NC(=O)CC(C)C1CCNCC1.Cl. The maximum atomic E-state index is 13.1. The Hall–Kier alpha value is -1.50. The van der Waals surface area contributed by atoms with Gasteiger partial charge in [-0.25, -0.2) is 9.37 Å². The molecule has 1 saturated heterocycles. The molecule has 1 amide bonds. The predicted octanol–water partition coefficient (Wildman–Crippen LogP) is 4.88.